The molecule has 1 atom stereocenters. The van der Waals surface area contributed by atoms with E-state index in [4.69, 9.17) is 4.74 Å². The molecule has 0 spiro atoms. The van der Waals surface area contributed by atoms with Crippen LogP contribution in [0.1, 0.15) is 34.5 Å². The van der Waals surface area contributed by atoms with Crippen LogP contribution < -0.4 is 20.5 Å². The van der Waals surface area contributed by atoms with Crippen LogP contribution in [0.2, 0.25) is 0 Å². The summed E-state index contributed by atoms with van der Waals surface area (Å²) in [6, 6.07) is 15.1. The van der Waals surface area contributed by atoms with Crippen LogP contribution in [-0.2, 0) is 7.05 Å². The minimum Gasteiger partial charge on any atom is -0.497 e. The summed E-state index contributed by atoms with van der Waals surface area (Å²) >= 11 is 0. The van der Waals surface area contributed by atoms with Gasteiger partial charge in [0.25, 0.3) is 5.91 Å². The van der Waals surface area contributed by atoms with Gasteiger partial charge in [-0.3, -0.25) is 9.59 Å². The average molecular weight is 475 g/mol. The molecular weight excluding hydrogens is 440 g/mol. The number of amides is 1. The Morgan fingerprint density at radius 1 is 0.971 bits per heavy atom. The second kappa shape index (κ2) is 10.4. The molecule has 7 nitrogen and oxygen atoms in total. The minimum absolute atomic E-state index is 0.0633. The normalized spacial score (nSPS) is 15.1. The molecule has 4 rings (SSSR count). The van der Waals surface area contributed by atoms with Crippen molar-refractivity contribution in [2.24, 2.45) is 7.05 Å². The third-order valence-electron chi connectivity index (χ3n) is 6.77. The smallest absolute Gasteiger partial charge is 0.252 e. The number of hydrogen-bond acceptors (Lipinski definition) is 5. The van der Waals surface area contributed by atoms with Gasteiger partial charge in [-0.05, 0) is 79.5 Å². The highest BCUT2D eigenvalue weighted by Crippen LogP contribution is 2.29. The molecule has 1 aliphatic heterocycles. The Morgan fingerprint density at radius 3 is 2.40 bits per heavy atom. The topological polar surface area (TPSA) is 66.8 Å². The van der Waals surface area contributed by atoms with Crippen molar-refractivity contribution in [2.45, 2.75) is 19.9 Å². The lowest BCUT2D eigenvalue weighted by atomic mass is 9.99. The number of methoxy groups -OCH3 is 1. The monoisotopic (exact) mass is 474 g/mol. The fourth-order valence-corrected chi connectivity index (χ4v) is 4.39. The summed E-state index contributed by atoms with van der Waals surface area (Å²) in [7, 11) is 5.49. The molecule has 35 heavy (non-hydrogen) atoms. The van der Waals surface area contributed by atoms with Crippen molar-refractivity contribution in [1.82, 2.24) is 14.8 Å². The molecule has 0 saturated carbocycles. The van der Waals surface area contributed by atoms with Crippen LogP contribution in [0.15, 0.2) is 59.5 Å². The Kier molecular flexibility index (Phi) is 7.26. The van der Waals surface area contributed by atoms with Crippen LogP contribution in [0.5, 0.6) is 5.75 Å². The molecule has 1 aromatic heterocycles. The number of carbonyl (C=O) groups excluding carboxylic acids is 1. The van der Waals surface area contributed by atoms with Crippen LogP contribution >= 0.6 is 0 Å². The molecular formula is C28H34N4O3. The fraction of sp³-hybridized carbons (Fsp3) is 0.357. The van der Waals surface area contributed by atoms with E-state index in [2.05, 4.69) is 28.2 Å². The molecule has 2 heterocycles. The maximum absolute atomic E-state index is 13.3. The summed E-state index contributed by atoms with van der Waals surface area (Å²) in [6.45, 7) is 7.87. The van der Waals surface area contributed by atoms with Crippen LogP contribution in [0, 0.1) is 6.92 Å². The van der Waals surface area contributed by atoms with Gasteiger partial charge in [-0.15, -0.1) is 0 Å². The first-order chi connectivity index (χ1) is 16.7. The van der Waals surface area contributed by atoms with E-state index in [1.54, 1.807) is 37.1 Å². The second-order valence-electron chi connectivity index (χ2n) is 9.35. The van der Waals surface area contributed by atoms with Gasteiger partial charge >= 0.3 is 0 Å². The highest BCUT2D eigenvalue weighted by Gasteiger charge is 2.19. The van der Waals surface area contributed by atoms with E-state index < -0.39 is 0 Å². The largest absolute Gasteiger partial charge is 0.497 e. The van der Waals surface area contributed by atoms with E-state index in [9.17, 15) is 9.59 Å². The number of aryl methyl sites for hydroxylation is 2. The van der Waals surface area contributed by atoms with Crippen molar-refractivity contribution < 1.29 is 9.53 Å². The zero-order valence-electron chi connectivity index (χ0n) is 21.2. The number of ether oxygens (including phenoxy) is 1. The summed E-state index contributed by atoms with van der Waals surface area (Å²) < 4.78 is 7.08. The van der Waals surface area contributed by atoms with E-state index in [0.717, 1.165) is 54.1 Å². The van der Waals surface area contributed by atoms with E-state index in [0.29, 0.717) is 11.3 Å². The summed E-state index contributed by atoms with van der Waals surface area (Å²) in [5, 5.41) is 3.16. The first-order valence-corrected chi connectivity index (χ1v) is 12.0. The average Bonchev–Trinajstić information content (AvgIpc) is 2.86. The van der Waals surface area contributed by atoms with Gasteiger partial charge in [0.15, 0.2) is 0 Å². The maximum Gasteiger partial charge on any atom is 0.252 e. The molecule has 1 saturated heterocycles. The SMILES string of the molecule is COc1cc(-c2ccc(=O)n(C)c2)cc([C@@H](C)NC(=O)c2cc(N3CCN(C)CC3)ccc2C)c1. The van der Waals surface area contributed by atoms with E-state index in [-0.39, 0.29) is 17.5 Å². The molecule has 3 aromatic rings. The number of aromatic nitrogens is 1. The van der Waals surface area contributed by atoms with Crippen LogP contribution in [0.4, 0.5) is 5.69 Å². The first-order valence-electron chi connectivity index (χ1n) is 12.0. The molecule has 0 aliphatic carbocycles. The van der Waals surface area contributed by atoms with Gasteiger partial charge in [0.2, 0.25) is 5.56 Å². The molecule has 1 amide bonds. The van der Waals surface area contributed by atoms with Crippen LogP contribution in [0.3, 0.4) is 0 Å². The molecule has 1 fully saturated rings. The highest BCUT2D eigenvalue weighted by molar-refractivity contribution is 5.97. The van der Waals surface area contributed by atoms with Crippen LogP contribution in [-0.4, -0.2) is 55.7 Å². The minimum atomic E-state index is -0.240. The molecule has 0 bridgehead atoms. The highest BCUT2D eigenvalue weighted by atomic mass is 16.5. The number of benzene rings is 2. The summed E-state index contributed by atoms with van der Waals surface area (Å²) in [5.41, 5.74) is 5.41. The van der Waals surface area contributed by atoms with Gasteiger partial charge in [-0.1, -0.05) is 6.07 Å². The number of pyridine rings is 1. The molecule has 0 unspecified atom stereocenters. The van der Waals surface area contributed by atoms with Crippen molar-refractivity contribution in [3.63, 3.8) is 0 Å². The Balaban J connectivity index is 1.57. The number of likely N-dealkylation sites (N-methyl/N-ethyl adjacent to an activating group) is 1. The third kappa shape index (κ3) is 5.57. The number of carbonyl (C=O) groups is 1. The van der Waals surface area contributed by atoms with Crippen molar-refractivity contribution in [3.8, 4) is 16.9 Å². The van der Waals surface area contributed by atoms with Crippen LogP contribution in [0.25, 0.3) is 11.1 Å². The van der Waals surface area contributed by atoms with Crippen molar-refractivity contribution in [1.29, 1.82) is 0 Å². The number of nitrogens with one attached hydrogen (secondary N) is 1. The predicted octanol–water partition coefficient (Wildman–Crippen LogP) is 3.61. The molecule has 184 valence electrons. The Labute approximate surface area is 206 Å². The standard InChI is InChI=1S/C28H34N4O3/c1-19-6-8-24(32-12-10-30(3)11-13-32)17-26(19)28(34)29-20(2)22-14-23(16-25(15-22)35-5)21-7-9-27(33)31(4)18-21/h6-9,14-18,20H,10-13H2,1-5H3,(H,29,34)/t20-/m1/s1. The summed E-state index contributed by atoms with van der Waals surface area (Å²) in [4.78, 5) is 29.8. The summed E-state index contributed by atoms with van der Waals surface area (Å²) in [6.07, 6.45) is 1.80. The molecule has 7 heteroatoms. The van der Waals surface area contributed by atoms with E-state index >= 15 is 0 Å². The van der Waals surface area contributed by atoms with Gasteiger partial charge in [0.1, 0.15) is 5.75 Å². The molecule has 1 aliphatic rings. The second-order valence-corrected chi connectivity index (χ2v) is 9.35. The van der Waals surface area contributed by atoms with Gasteiger partial charge in [0.05, 0.1) is 13.2 Å². The van der Waals surface area contributed by atoms with Gasteiger partial charge in [0, 0.05) is 56.7 Å². The molecule has 1 N–H and O–H groups in total. The van der Waals surface area contributed by atoms with Crippen molar-refractivity contribution >= 4 is 11.6 Å². The predicted molar refractivity (Wildman–Crippen MR) is 140 cm³/mol. The van der Waals surface area contributed by atoms with Gasteiger partial charge in [-0.2, -0.15) is 0 Å². The van der Waals surface area contributed by atoms with Crippen molar-refractivity contribution in [3.05, 3.63) is 81.8 Å². The van der Waals surface area contributed by atoms with Gasteiger partial charge < -0.3 is 24.4 Å². The van der Waals surface area contributed by atoms with E-state index in [1.807, 2.05) is 44.2 Å². The Bertz CT molecular complexity index is 1280. The lowest BCUT2D eigenvalue weighted by Crippen LogP contribution is -2.44. The number of hydrogen-bond donors (Lipinski definition) is 1. The third-order valence-corrected chi connectivity index (χ3v) is 6.77. The zero-order valence-corrected chi connectivity index (χ0v) is 21.2. The lowest BCUT2D eigenvalue weighted by Gasteiger charge is -2.34. The summed E-state index contributed by atoms with van der Waals surface area (Å²) in [5.74, 6) is 0.596. The Morgan fingerprint density at radius 2 is 1.71 bits per heavy atom. The van der Waals surface area contributed by atoms with Crippen molar-refractivity contribution in [2.75, 3.05) is 45.2 Å². The molecule has 2 aromatic carbocycles. The number of rotatable bonds is 6. The lowest BCUT2D eigenvalue weighted by molar-refractivity contribution is 0.0939. The zero-order chi connectivity index (χ0) is 25.1. The maximum atomic E-state index is 13.3. The van der Waals surface area contributed by atoms with E-state index in [1.165, 1.54) is 0 Å². The Hall–Kier alpha value is -3.58. The quantitative estimate of drug-likeness (QED) is 0.591. The number of nitrogens with zero attached hydrogens (tertiary/aromatic N) is 3. The molecule has 0 radical (unpaired) electrons. The fourth-order valence-electron chi connectivity index (χ4n) is 4.39. The number of anilines is 1. The van der Waals surface area contributed by atoms with Gasteiger partial charge in [-0.25, -0.2) is 0 Å². The number of piperazine rings is 1. The first kappa shape index (κ1) is 24.5.